The van der Waals surface area contributed by atoms with Gasteiger partial charge in [0.1, 0.15) is 0 Å². The van der Waals surface area contributed by atoms with E-state index in [-0.39, 0.29) is 0 Å². The predicted molar refractivity (Wildman–Crippen MR) is 64.8 cm³/mol. The summed E-state index contributed by atoms with van der Waals surface area (Å²) >= 11 is 1.87. The molecule has 4 heteroatoms. The molecule has 1 aromatic heterocycles. The summed E-state index contributed by atoms with van der Waals surface area (Å²) in [6, 6.07) is 0. The van der Waals surface area contributed by atoms with Crippen molar-refractivity contribution in [3.05, 3.63) is 16.1 Å². The monoisotopic (exact) mass is 238 g/mol. The fraction of sp³-hybridized carbons (Fsp3) is 0.750. The Bertz CT molecular complexity index is 343. The van der Waals surface area contributed by atoms with Gasteiger partial charge in [0.25, 0.3) is 0 Å². The summed E-state index contributed by atoms with van der Waals surface area (Å²) in [5, 5.41) is 4.80. The Morgan fingerprint density at radius 2 is 2.38 bits per heavy atom. The Kier molecular flexibility index (Phi) is 3.22. The number of rotatable bonds is 5. The Hall–Kier alpha value is -0.450. The minimum Gasteiger partial charge on any atom is -0.377 e. The van der Waals surface area contributed by atoms with Gasteiger partial charge in [-0.25, -0.2) is 4.98 Å². The molecule has 1 aliphatic carbocycles. The molecule has 0 amide bonds. The van der Waals surface area contributed by atoms with Gasteiger partial charge in [-0.3, -0.25) is 0 Å². The minimum atomic E-state index is 0.441. The molecule has 88 valence electrons. The highest BCUT2D eigenvalue weighted by atomic mass is 32.1. The van der Waals surface area contributed by atoms with Gasteiger partial charge in [-0.2, -0.15) is 0 Å². The van der Waals surface area contributed by atoms with E-state index in [4.69, 9.17) is 4.74 Å². The van der Waals surface area contributed by atoms with Gasteiger partial charge in [0, 0.05) is 36.7 Å². The Morgan fingerprint density at radius 1 is 1.44 bits per heavy atom. The van der Waals surface area contributed by atoms with E-state index in [1.165, 1.54) is 35.6 Å². The van der Waals surface area contributed by atoms with Crippen molar-refractivity contribution in [3.63, 3.8) is 0 Å². The zero-order valence-electron chi connectivity index (χ0n) is 9.45. The summed E-state index contributed by atoms with van der Waals surface area (Å²) in [5.74, 6) is 0.789. The van der Waals surface area contributed by atoms with Crippen LogP contribution in [0.1, 0.15) is 41.5 Å². The molecule has 3 nitrogen and oxygen atoms in total. The quantitative estimate of drug-likeness (QED) is 0.854. The van der Waals surface area contributed by atoms with Crippen molar-refractivity contribution >= 4 is 11.3 Å². The molecule has 1 saturated heterocycles. The number of nitrogens with zero attached hydrogens (tertiary/aromatic N) is 1. The highest BCUT2D eigenvalue weighted by molar-refractivity contribution is 7.11. The highest BCUT2D eigenvalue weighted by Crippen LogP contribution is 2.41. The minimum absolute atomic E-state index is 0.441. The maximum Gasteiger partial charge on any atom is 0.0959 e. The molecule has 1 aliphatic heterocycles. The van der Waals surface area contributed by atoms with Crippen LogP contribution in [0.15, 0.2) is 6.20 Å². The van der Waals surface area contributed by atoms with Crippen LogP contribution >= 0.6 is 11.3 Å². The molecule has 1 aromatic rings. The number of hydrogen-bond donors (Lipinski definition) is 1. The Labute approximate surface area is 100 Å². The van der Waals surface area contributed by atoms with Crippen molar-refractivity contribution in [1.29, 1.82) is 0 Å². The van der Waals surface area contributed by atoms with Crippen LogP contribution in [0.3, 0.4) is 0 Å². The summed E-state index contributed by atoms with van der Waals surface area (Å²) < 4.78 is 5.57. The number of thiazole rings is 1. The van der Waals surface area contributed by atoms with Crippen LogP contribution in [-0.4, -0.2) is 24.2 Å². The summed E-state index contributed by atoms with van der Waals surface area (Å²) in [5.41, 5.74) is 0. The van der Waals surface area contributed by atoms with E-state index in [0.717, 1.165) is 25.6 Å². The molecule has 3 rings (SSSR count). The predicted octanol–water partition coefficient (Wildman–Crippen LogP) is 2.29. The van der Waals surface area contributed by atoms with Crippen molar-refractivity contribution in [2.45, 2.75) is 44.2 Å². The van der Waals surface area contributed by atoms with E-state index < -0.39 is 0 Å². The lowest BCUT2D eigenvalue weighted by atomic mass is 10.2. The first-order chi connectivity index (χ1) is 7.92. The maximum absolute atomic E-state index is 5.57. The van der Waals surface area contributed by atoms with Crippen LogP contribution < -0.4 is 5.32 Å². The highest BCUT2D eigenvalue weighted by Gasteiger charge is 2.26. The summed E-state index contributed by atoms with van der Waals surface area (Å²) in [6.07, 6.45) is 7.59. The van der Waals surface area contributed by atoms with Crippen molar-refractivity contribution < 1.29 is 4.74 Å². The number of nitrogens with one attached hydrogen (secondary N) is 1. The Morgan fingerprint density at radius 3 is 3.12 bits per heavy atom. The fourth-order valence-electron chi connectivity index (χ4n) is 2.09. The molecule has 1 atom stereocenters. The van der Waals surface area contributed by atoms with E-state index in [2.05, 4.69) is 10.3 Å². The van der Waals surface area contributed by atoms with Crippen molar-refractivity contribution in [2.24, 2.45) is 0 Å². The van der Waals surface area contributed by atoms with Gasteiger partial charge in [0.2, 0.25) is 0 Å². The van der Waals surface area contributed by atoms with Crippen LogP contribution in [0.25, 0.3) is 0 Å². The summed E-state index contributed by atoms with van der Waals surface area (Å²) in [7, 11) is 0. The molecule has 0 radical (unpaired) electrons. The molecule has 2 aliphatic rings. The molecule has 2 fully saturated rings. The summed E-state index contributed by atoms with van der Waals surface area (Å²) in [6.45, 7) is 2.87. The smallest absolute Gasteiger partial charge is 0.0959 e. The average Bonchev–Trinajstić information content (AvgIpc) is 2.83. The molecule has 0 bridgehead atoms. The lowest BCUT2D eigenvalue weighted by Crippen LogP contribution is -2.25. The second-order valence-corrected chi connectivity index (χ2v) is 5.85. The van der Waals surface area contributed by atoms with Crippen molar-refractivity contribution in [1.82, 2.24) is 10.3 Å². The molecule has 16 heavy (non-hydrogen) atoms. The van der Waals surface area contributed by atoms with E-state index in [0.29, 0.717) is 6.10 Å². The average molecular weight is 238 g/mol. The van der Waals surface area contributed by atoms with E-state index in [9.17, 15) is 0 Å². The largest absolute Gasteiger partial charge is 0.377 e. The third kappa shape index (κ3) is 2.62. The van der Waals surface area contributed by atoms with Gasteiger partial charge < -0.3 is 10.1 Å². The molecule has 0 aromatic carbocycles. The van der Waals surface area contributed by atoms with Gasteiger partial charge in [0.15, 0.2) is 0 Å². The fourth-order valence-corrected chi connectivity index (χ4v) is 3.14. The lowest BCUT2D eigenvalue weighted by molar-refractivity contribution is 0.110. The van der Waals surface area contributed by atoms with E-state index in [1.54, 1.807) is 0 Å². The number of aromatic nitrogens is 1. The second kappa shape index (κ2) is 4.82. The molecule has 0 spiro atoms. The van der Waals surface area contributed by atoms with Crippen molar-refractivity contribution in [3.8, 4) is 0 Å². The third-order valence-corrected chi connectivity index (χ3v) is 4.35. The van der Waals surface area contributed by atoms with Gasteiger partial charge in [-0.1, -0.05) is 0 Å². The van der Waals surface area contributed by atoms with E-state index in [1.807, 2.05) is 17.5 Å². The summed E-state index contributed by atoms with van der Waals surface area (Å²) in [4.78, 5) is 5.84. The van der Waals surface area contributed by atoms with Gasteiger partial charge in [-0.15, -0.1) is 11.3 Å². The van der Waals surface area contributed by atoms with Crippen molar-refractivity contribution in [2.75, 3.05) is 13.2 Å². The van der Waals surface area contributed by atoms with Gasteiger partial charge in [-0.05, 0) is 25.7 Å². The first kappa shape index (κ1) is 10.7. The molecule has 1 N–H and O–H groups in total. The third-order valence-electron chi connectivity index (χ3n) is 3.19. The molecule has 1 saturated carbocycles. The molecular formula is C12H18N2OS. The lowest BCUT2D eigenvalue weighted by Gasteiger charge is -2.09. The van der Waals surface area contributed by atoms with Crippen LogP contribution in [0.4, 0.5) is 0 Å². The second-order valence-electron chi connectivity index (χ2n) is 4.71. The molecule has 1 unspecified atom stereocenters. The first-order valence-corrected chi connectivity index (χ1v) is 7.00. The topological polar surface area (TPSA) is 34.2 Å². The Balaban J connectivity index is 1.42. The zero-order valence-corrected chi connectivity index (χ0v) is 10.3. The number of hydrogen-bond acceptors (Lipinski definition) is 4. The van der Waals surface area contributed by atoms with Crippen LogP contribution in [-0.2, 0) is 11.3 Å². The standard InChI is InChI=1S/C12H18N2OS/c1-2-10(15-5-1)6-13-7-11-8-14-12(16-11)9-3-4-9/h8-10,13H,1-7H2. The van der Waals surface area contributed by atoms with Crippen LogP contribution in [0.2, 0.25) is 0 Å². The van der Waals surface area contributed by atoms with Gasteiger partial charge in [0.05, 0.1) is 11.1 Å². The first-order valence-electron chi connectivity index (χ1n) is 6.19. The SMILES string of the molecule is c1nc(C2CC2)sc1CNCC1CCCO1. The van der Waals surface area contributed by atoms with Crippen LogP contribution in [0, 0.1) is 0 Å². The normalized spacial score (nSPS) is 25.1. The van der Waals surface area contributed by atoms with Gasteiger partial charge >= 0.3 is 0 Å². The van der Waals surface area contributed by atoms with E-state index >= 15 is 0 Å². The number of ether oxygens (including phenoxy) is 1. The molecule has 2 heterocycles. The zero-order chi connectivity index (χ0) is 10.8. The maximum atomic E-state index is 5.57. The molecular weight excluding hydrogens is 220 g/mol. The van der Waals surface area contributed by atoms with Crippen LogP contribution in [0.5, 0.6) is 0 Å².